The molecule has 0 radical (unpaired) electrons. The number of aryl methyl sites for hydroxylation is 2. The van der Waals surface area contributed by atoms with Crippen LogP contribution in [0.25, 0.3) is 0 Å². The molecule has 262 valence electrons. The van der Waals surface area contributed by atoms with Crippen molar-refractivity contribution in [2.24, 2.45) is 11.8 Å². The molecule has 1 aromatic rings. The highest BCUT2D eigenvalue weighted by molar-refractivity contribution is 5.75. The van der Waals surface area contributed by atoms with Crippen molar-refractivity contribution in [3.63, 3.8) is 0 Å². The molecule has 2 saturated carbocycles. The summed E-state index contributed by atoms with van der Waals surface area (Å²) >= 11 is 0. The summed E-state index contributed by atoms with van der Waals surface area (Å²) in [5, 5.41) is 0. The van der Waals surface area contributed by atoms with E-state index in [4.69, 9.17) is 9.47 Å². The largest absolute Gasteiger partial charge is 0.460 e. The number of carbonyl (C=O) groups is 2. The van der Waals surface area contributed by atoms with Gasteiger partial charge in [-0.3, -0.25) is 0 Å². The normalized spacial score (nSPS) is 23.0. The predicted molar refractivity (Wildman–Crippen MR) is 183 cm³/mol. The van der Waals surface area contributed by atoms with Crippen LogP contribution in [-0.2, 0) is 31.9 Å². The van der Waals surface area contributed by atoms with Crippen LogP contribution in [-0.4, -0.2) is 36.5 Å². The first-order chi connectivity index (χ1) is 22.4. The van der Waals surface area contributed by atoms with Gasteiger partial charge in [-0.1, -0.05) is 89.5 Å². The zero-order valence-electron chi connectivity index (χ0n) is 29.1. The molecule has 2 atom stereocenters. The molecule has 0 spiro atoms. The monoisotopic (exact) mass is 646 g/mol. The first-order valence-electron chi connectivity index (χ1n) is 19.1. The fraction of sp³-hybridized carbons (Fsp3) is 0.800. The summed E-state index contributed by atoms with van der Waals surface area (Å²) in [4.78, 5) is 24.4. The number of carbonyl (C=O) groups excluding carboxylic acids is 2. The van der Waals surface area contributed by atoms with Crippen molar-refractivity contribution in [1.82, 2.24) is 0 Å². The molecule has 0 saturated heterocycles. The lowest BCUT2D eigenvalue weighted by Crippen LogP contribution is -2.29. The van der Waals surface area contributed by atoms with Gasteiger partial charge in [0.1, 0.15) is 12.2 Å². The van der Waals surface area contributed by atoms with E-state index in [1.807, 2.05) is 0 Å². The molecule has 2 aliphatic rings. The van der Waals surface area contributed by atoms with Gasteiger partial charge >= 0.3 is 11.9 Å². The van der Waals surface area contributed by atoms with E-state index in [9.17, 15) is 18.4 Å². The second kappa shape index (κ2) is 22.6. The highest BCUT2D eigenvalue weighted by Crippen LogP contribution is 2.32. The van der Waals surface area contributed by atoms with Gasteiger partial charge in [-0.25, -0.2) is 18.4 Å². The second-order valence-corrected chi connectivity index (χ2v) is 14.4. The number of benzene rings is 1. The molecule has 0 aromatic heterocycles. The Balaban J connectivity index is 1.23. The maximum Gasteiger partial charge on any atom is 0.340 e. The zero-order valence-corrected chi connectivity index (χ0v) is 29.1. The van der Waals surface area contributed by atoms with E-state index in [0.717, 1.165) is 128 Å². The molecule has 0 N–H and O–H groups in total. The van der Waals surface area contributed by atoms with E-state index in [-0.39, 0.29) is 12.2 Å². The molecule has 2 aliphatic carbocycles. The van der Waals surface area contributed by atoms with Crippen LogP contribution in [0.15, 0.2) is 24.3 Å². The number of esters is 2. The summed E-state index contributed by atoms with van der Waals surface area (Å²) in [7, 11) is 0. The maximum atomic E-state index is 14.2. The molecule has 0 heterocycles. The highest BCUT2D eigenvalue weighted by atomic mass is 19.1. The highest BCUT2D eigenvalue weighted by Gasteiger charge is 2.28. The molecule has 0 aliphatic heterocycles. The number of unbranched alkanes of at least 4 members (excludes halogenated alkanes) is 8. The Morgan fingerprint density at radius 2 is 0.935 bits per heavy atom. The van der Waals surface area contributed by atoms with Gasteiger partial charge in [0.2, 0.25) is 0 Å². The first kappa shape index (κ1) is 38.5. The van der Waals surface area contributed by atoms with Crippen LogP contribution in [0.2, 0.25) is 0 Å². The summed E-state index contributed by atoms with van der Waals surface area (Å²) in [6.45, 7) is 4.31. The molecular weight excluding hydrogens is 582 g/mol. The van der Waals surface area contributed by atoms with Crippen LogP contribution < -0.4 is 0 Å². The summed E-state index contributed by atoms with van der Waals surface area (Å²) in [6.07, 6.45) is 19.7. The molecule has 0 bridgehead atoms. The fourth-order valence-corrected chi connectivity index (χ4v) is 7.26. The van der Waals surface area contributed by atoms with Crippen molar-refractivity contribution < 1.29 is 27.8 Å². The van der Waals surface area contributed by atoms with E-state index in [1.54, 1.807) is 0 Å². The SMILES string of the molecule is CCCCCCC[C@H](F)C(=O)O[C@H]1CC[C@H](CCc2ccc(CC[C@H]3CC[C@H](OC(=O)[C@@H](F)CCCCCCC)CC3)cc2)CC1. The minimum Gasteiger partial charge on any atom is -0.460 e. The second-order valence-electron chi connectivity index (χ2n) is 14.4. The summed E-state index contributed by atoms with van der Waals surface area (Å²) in [5.74, 6) is -0.0321. The van der Waals surface area contributed by atoms with Crippen molar-refractivity contribution >= 4 is 11.9 Å². The minimum absolute atomic E-state index is 0.121. The van der Waals surface area contributed by atoms with Crippen molar-refractivity contribution in [3.8, 4) is 0 Å². The van der Waals surface area contributed by atoms with Gasteiger partial charge in [0, 0.05) is 0 Å². The summed E-state index contributed by atoms with van der Waals surface area (Å²) in [6, 6.07) is 9.06. The molecule has 0 unspecified atom stereocenters. The topological polar surface area (TPSA) is 52.6 Å². The summed E-state index contributed by atoms with van der Waals surface area (Å²) < 4.78 is 39.5. The van der Waals surface area contributed by atoms with E-state index >= 15 is 0 Å². The molecule has 46 heavy (non-hydrogen) atoms. The van der Waals surface area contributed by atoms with Crippen LogP contribution in [0.5, 0.6) is 0 Å². The molecule has 1 aromatic carbocycles. The average Bonchev–Trinajstić information content (AvgIpc) is 3.07. The molecule has 6 heteroatoms. The Hall–Kier alpha value is -1.98. The van der Waals surface area contributed by atoms with Crippen LogP contribution in [0.4, 0.5) is 8.78 Å². The average molecular weight is 647 g/mol. The van der Waals surface area contributed by atoms with Crippen LogP contribution in [0, 0.1) is 11.8 Å². The van der Waals surface area contributed by atoms with E-state index in [2.05, 4.69) is 38.1 Å². The van der Waals surface area contributed by atoms with Gasteiger partial charge < -0.3 is 9.47 Å². The van der Waals surface area contributed by atoms with Gasteiger partial charge in [-0.15, -0.1) is 0 Å². The lowest BCUT2D eigenvalue weighted by atomic mass is 9.83. The Kier molecular flexibility index (Phi) is 18.9. The van der Waals surface area contributed by atoms with Gasteiger partial charge in [0.25, 0.3) is 0 Å². The van der Waals surface area contributed by atoms with Crippen molar-refractivity contribution in [3.05, 3.63) is 35.4 Å². The Labute approximate surface area is 279 Å². The van der Waals surface area contributed by atoms with Crippen molar-refractivity contribution in [2.75, 3.05) is 0 Å². The summed E-state index contributed by atoms with van der Waals surface area (Å²) in [5.41, 5.74) is 2.73. The smallest absolute Gasteiger partial charge is 0.340 e. The minimum atomic E-state index is -1.47. The first-order valence-corrected chi connectivity index (χ1v) is 19.1. The fourth-order valence-electron chi connectivity index (χ4n) is 7.26. The van der Waals surface area contributed by atoms with Gasteiger partial charge in [-0.05, 0) is 126 Å². The third kappa shape index (κ3) is 15.3. The van der Waals surface area contributed by atoms with Crippen molar-refractivity contribution in [1.29, 1.82) is 0 Å². The number of hydrogen-bond acceptors (Lipinski definition) is 4. The zero-order chi connectivity index (χ0) is 33.0. The number of rotatable bonds is 22. The van der Waals surface area contributed by atoms with Gasteiger partial charge in [-0.2, -0.15) is 0 Å². The van der Waals surface area contributed by atoms with E-state index in [1.165, 1.54) is 24.0 Å². The third-order valence-electron chi connectivity index (χ3n) is 10.5. The standard InChI is InChI=1S/C40H64F2O4/c1-3-5-7-9-11-13-37(41)39(43)45-35-27-23-33(24-28-35)21-19-31-15-17-32(18-16-31)20-22-34-25-29-36(30-26-34)46-40(44)38(42)14-12-10-8-6-4-2/h15-18,33-38H,3-14,19-30H2,1-2H3/t33-,34-,35-,36-,37-,38-/m0/s1. The Morgan fingerprint density at radius 3 is 1.28 bits per heavy atom. The van der Waals surface area contributed by atoms with E-state index < -0.39 is 24.3 Å². The molecule has 0 amide bonds. The molecule has 4 nitrogen and oxygen atoms in total. The molecule has 2 fully saturated rings. The van der Waals surface area contributed by atoms with Crippen molar-refractivity contribution in [2.45, 2.75) is 192 Å². The van der Waals surface area contributed by atoms with Gasteiger partial charge in [0.05, 0.1) is 0 Å². The number of halogens is 2. The van der Waals surface area contributed by atoms with Gasteiger partial charge in [0.15, 0.2) is 12.3 Å². The lowest BCUT2D eigenvalue weighted by molar-refractivity contribution is -0.158. The molecular formula is C40H64F2O4. The maximum absolute atomic E-state index is 14.2. The van der Waals surface area contributed by atoms with Crippen LogP contribution >= 0.6 is 0 Å². The third-order valence-corrected chi connectivity index (χ3v) is 10.5. The number of hydrogen-bond donors (Lipinski definition) is 0. The molecule has 3 rings (SSSR count). The van der Waals surface area contributed by atoms with E-state index in [0.29, 0.717) is 24.7 Å². The number of ether oxygens (including phenoxy) is 2. The quantitative estimate of drug-likeness (QED) is 0.0929. The Morgan fingerprint density at radius 1 is 0.587 bits per heavy atom. The van der Waals surface area contributed by atoms with Crippen LogP contribution in [0.1, 0.15) is 166 Å². The number of alkyl halides is 2. The lowest BCUT2D eigenvalue weighted by Gasteiger charge is -2.29. The Bertz CT molecular complexity index is 873. The van der Waals surface area contributed by atoms with Crippen LogP contribution in [0.3, 0.4) is 0 Å². The predicted octanol–water partition coefficient (Wildman–Crippen LogP) is 11.2.